The van der Waals surface area contributed by atoms with Crippen LogP contribution in [0.3, 0.4) is 0 Å². The number of rotatable bonds is 5. The molecular weight excluding hydrogens is 474 g/mol. The summed E-state index contributed by atoms with van der Waals surface area (Å²) >= 11 is 2.98. The number of aromatic nitrogens is 3. The maximum Gasteiger partial charge on any atom is 0.267 e. The average Bonchev–Trinajstić information content (AvgIpc) is 3.39. The molecule has 7 heteroatoms. The third kappa shape index (κ3) is 3.83. The van der Waals surface area contributed by atoms with Crippen molar-refractivity contribution in [3.8, 4) is 5.69 Å². The van der Waals surface area contributed by atoms with Gasteiger partial charge in [-0.1, -0.05) is 55.1 Å². The summed E-state index contributed by atoms with van der Waals surface area (Å²) in [7, 11) is 0. The van der Waals surface area contributed by atoms with Crippen LogP contribution in [-0.4, -0.2) is 26.1 Å². The van der Waals surface area contributed by atoms with Crippen molar-refractivity contribution in [1.82, 2.24) is 14.5 Å². The van der Waals surface area contributed by atoms with Crippen molar-refractivity contribution in [2.75, 3.05) is 5.75 Å². The van der Waals surface area contributed by atoms with Crippen molar-refractivity contribution in [2.45, 2.75) is 38.3 Å². The highest BCUT2D eigenvalue weighted by atomic mass is 32.2. The van der Waals surface area contributed by atoms with Crippen LogP contribution in [-0.2, 0) is 12.8 Å². The number of ketones is 1. The third-order valence-corrected chi connectivity index (χ3v) is 8.90. The summed E-state index contributed by atoms with van der Waals surface area (Å²) in [6.45, 7) is 4.20. The molecule has 0 amide bonds. The molecule has 0 fully saturated rings. The number of H-pyrrole nitrogens is 1. The molecule has 0 radical (unpaired) electrons. The number of thiophene rings is 1. The zero-order chi connectivity index (χ0) is 24.1. The van der Waals surface area contributed by atoms with Crippen molar-refractivity contribution < 1.29 is 4.79 Å². The Balaban J connectivity index is 1.44. The van der Waals surface area contributed by atoms with Gasteiger partial charge in [0.05, 0.1) is 16.8 Å². The molecule has 3 aromatic heterocycles. The van der Waals surface area contributed by atoms with E-state index in [1.165, 1.54) is 22.2 Å². The van der Waals surface area contributed by atoms with Gasteiger partial charge < -0.3 is 4.98 Å². The van der Waals surface area contributed by atoms with Crippen LogP contribution < -0.4 is 5.56 Å². The quantitative estimate of drug-likeness (QED) is 0.174. The average molecular weight is 500 g/mol. The predicted molar refractivity (Wildman–Crippen MR) is 144 cm³/mol. The van der Waals surface area contributed by atoms with Gasteiger partial charge in [0.1, 0.15) is 4.83 Å². The number of nitrogens with one attached hydrogen (secondary N) is 1. The number of fused-ring (bicyclic) bond motifs is 4. The minimum Gasteiger partial charge on any atom is -0.358 e. The summed E-state index contributed by atoms with van der Waals surface area (Å²) in [5, 5.41) is 2.25. The Morgan fingerprint density at radius 3 is 2.77 bits per heavy atom. The fourth-order valence-electron chi connectivity index (χ4n) is 5.11. The molecule has 0 bridgehead atoms. The van der Waals surface area contributed by atoms with Gasteiger partial charge in [-0.3, -0.25) is 14.2 Å². The van der Waals surface area contributed by atoms with E-state index in [2.05, 4.69) is 11.9 Å². The molecule has 0 saturated heterocycles. The Kier molecular flexibility index (Phi) is 5.61. The maximum atomic E-state index is 13.9. The number of nitrogens with zero attached hydrogens (tertiary/aromatic N) is 2. The molecule has 0 aliphatic heterocycles. The topological polar surface area (TPSA) is 67.8 Å². The van der Waals surface area contributed by atoms with Gasteiger partial charge in [-0.05, 0) is 55.9 Å². The highest BCUT2D eigenvalue weighted by Gasteiger charge is 2.26. The summed E-state index contributed by atoms with van der Waals surface area (Å²) < 4.78 is 1.69. The molecule has 1 N–H and O–H groups in total. The fraction of sp³-hybridized carbons (Fsp3) is 0.250. The van der Waals surface area contributed by atoms with Crippen LogP contribution >= 0.6 is 23.1 Å². The van der Waals surface area contributed by atoms with Gasteiger partial charge in [0.25, 0.3) is 5.56 Å². The lowest BCUT2D eigenvalue weighted by atomic mass is 9.89. The number of carbonyl (C=O) groups is 1. The van der Waals surface area contributed by atoms with Gasteiger partial charge in [0.2, 0.25) is 0 Å². The largest absolute Gasteiger partial charge is 0.358 e. The van der Waals surface area contributed by atoms with E-state index >= 15 is 0 Å². The summed E-state index contributed by atoms with van der Waals surface area (Å²) in [5.74, 6) is 0.853. The lowest BCUT2D eigenvalue weighted by Gasteiger charge is -2.17. The Hall–Kier alpha value is -3.16. The first-order valence-corrected chi connectivity index (χ1v) is 13.7. The third-order valence-electron chi connectivity index (χ3n) is 6.82. The van der Waals surface area contributed by atoms with Gasteiger partial charge in [-0.15, -0.1) is 11.3 Å². The molecular formula is C28H25N3O2S2. The molecule has 1 atom stereocenters. The SMILES string of the molecule is Cc1[nH]c2ccccc2c1C(=O)CSc1nc2sc3c(c2c(=O)n1-c1ccccc1)CC[C@H](C)C3. The molecule has 35 heavy (non-hydrogen) atoms. The van der Waals surface area contributed by atoms with Crippen LogP contribution in [0.2, 0.25) is 0 Å². The number of Topliss-reactive ketones (excluding diaryl/α,β-unsaturated/α-hetero) is 1. The van der Waals surface area contributed by atoms with E-state index in [0.29, 0.717) is 16.6 Å². The number of aromatic amines is 1. The molecule has 6 rings (SSSR count). The van der Waals surface area contributed by atoms with Gasteiger partial charge in [-0.2, -0.15) is 0 Å². The molecule has 176 valence electrons. The molecule has 5 aromatic rings. The zero-order valence-corrected chi connectivity index (χ0v) is 21.3. The number of aryl methyl sites for hydroxylation is 2. The highest BCUT2D eigenvalue weighted by molar-refractivity contribution is 7.99. The van der Waals surface area contributed by atoms with Crippen LogP contribution in [0.1, 0.15) is 39.8 Å². The van der Waals surface area contributed by atoms with E-state index in [0.717, 1.165) is 51.8 Å². The molecule has 0 unspecified atom stereocenters. The van der Waals surface area contributed by atoms with E-state index in [-0.39, 0.29) is 17.1 Å². The lowest BCUT2D eigenvalue weighted by Crippen LogP contribution is -2.23. The summed E-state index contributed by atoms with van der Waals surface area (Å²) in [4.78, 5) is 37.6. The minimum atomic E-state index is -0.0357. The van der Waals surface area contributed by atoms with Gasteiger partial charge in [0.15, 0.2) is 10.9 Å². The summed E-state index contributed by atoms with van der Waals surface area (Å²) in [6, 6.07) is 17.5. The minimum absolute atomic E-state index is 0.0261. The highest BCUT2D eigenvalue weighted by Crippen LogP contribution is 2.37. The van der Waals surface area contributed by atoms with Gasteiger partial charge in [0, 0.05) is 27.0 Å². The molecule has 1 aliphatic carbocycles. The Labute approximate surface area is 211 Å². The molecule has 0 spiro atoms. The first-order valence-electron chi connectivity index (χ1n) is 11.9. The van der Waals surface area contributed by atoms with Gasteiger partial charge in [-0.25, -0.2) is 4.98 Å². The number of para-hydroxylation sites is 2. The van der Waals surface area contributed by atoms with Crippen LogP contribution in [0.25, 0.3) is 26.8 Å². The number of hydrogen-bond acceptors (Lipinski definition) is 5. The van der Waals surface area contributed by atoms with E-state index in [4.69, 9.17) is 4.98 Å². The number of carbonyl (C=O) groups excluding carboxylic acids is 1. The maximum absolute atomic E-state index is 13.9. The second-order valence-electron chi connectivity index (χ2n) is 9.28. The number of thioether (sulfide) groups is 1. The van der Waals surface area contributed by atoms with E-state index < -0.39 is 0 Å². The molecule has 2 aromatic carbocycles. The van der Waals surface area contributed by atoms with E-state index in [9.17, 15) is 9.59 Å². The number of benzene rings is 2. The Morgan fingerprint density at radius 2 is 1.94 bits per heavy atom. The standard InChI is InChI=1S/C28H25N3O2S2/c1-16-12-13-20-23(14-16)35-26-25(20)27(33)31(18-8-4-3-5-9-18)28(30-26)34-15-22(32)24-17(2)29-21-11-7-6-10-19(21)24/h3-11,16,29H,12-15H2,1-2H3/t16-/m0/s1. The van der Waals surface area contributed by atoms with Crippen LogP contribution in [0, 0.1) is 12.8 Å². The zero-order valence-electron chi connectivity index (χ0n) is 19.6. The monoisotopic (exact) mass is 499 g/mol. The first-order chi connectivity index (χ1) is 17.0. The normalized spacial score (nSPS) is 15.5. The smallest absolute Gasteiger partial charge is 0.267 e. The molecule has 1 aliphatic rings. The predicted octanol–water partition coefficient (Wildman–Crippen LogP) is 6.34. The fourth-order valence-corrected chi connectivity index (χ4v) is 7.42. The van der Waals surface area contributed by atoms with E-state index in [1.807, 2.05) is 61.5 Å². The summed E-state index contributed by atoms with van der Waals surface area (Å²) in [5.41, 5.74) is 4.44. The second kappa shape index (κ2) is 8.81. The molecule has 5 nitrogen and oxygen atoms in total. The Morgan fingerprint density at radius 1 is 1.17 bits per heavy atom. The summed E-state index contributed by atoms with van der Waals surface area (Å²) in [6.07, 6.45) is 3.02. The van der Waals surface area contributed by atoms with Crippen LogP contribution in [0.4, 0.5) is 0 Å². The lowest BCUT2D eigenvalue weighted by molar-refractivity contribution is 0.102. The Bertz CT molecular complexity index is 1650. The molecule has 0 saturated carbocycles. The van der Waals surface area contributed by atoms with Crippen LogP contribution in [0.5, 0.6) is 0 Å². The van der Waals surface area contributed by atoms with Crippen molar-refractivity contribution in [3.63, 3.8) is 0 Å². The van der Waals surface area contributed by atoms with Crippen molar-refractivity contribution >= 4 is 50.0 Å². The second-order valence-corrected chi connectivity index (χ2v) is 11.3. The first kappa shape index (κ1) is 22.3. The van der Waals surface area contributed by atoms with Crippen LogP contribution in [0.15, 0.2) is 64.5 Å². The number of hydrogen-bond donors (Lipinski definition) is 1. The van der Waals surface area contributed by atoms with Gasteiger partial charge >= 0.3 is 0 Å². The van der Waals surface area contributed by atoms with Crippen molar-refractivity contribution in [2.24, 2.45) is 5.92 Å². The van der Waals surface area contributed by atoms with E-state index in [1.54, 1.807) is 15.9 Å². The van der Waals surface area contributed by atoms with Crippen molar-refractivity contribution in [3.05, 3.63) is 86.6 Å². The molecule has 3 heterocycles. The van der Waals surface area contributed by atoms with Crippen molar-refractivity contribution in [1.29, 1.82) is 0 Å².